The maximum atomic E-state index is 13.8. The van der Waals surface area contributed by atoms with Crippen LogP contribution in [0.2, 0.25) is 5.02 Å². The van der Waals surface area contributed by atoms with Gasteiger partial charge < -0.3 is 4.74 Å². The van der Waals surface area contributed by atoms with E-state index in [1.165, 1.54) is 6.07 Å². The molecule has 2 rings (SSSR count). The minimum Gasteiger partial charge on any atom is -0.381 e. The Kier molecular flexibility index (Phi) is 4.95. The summed E-state index contributed by atoms with van der Waals surface area (Å²) in [6.07, 6.45) is 2.80. The molecule has 0 aromatic heterocycles. The van der Waals surface area contributed by atoms with E-state index < -0.39 is 0 Å². The molecule has 1 aliphatic rings. The fourth-order valence-electron chi connectivity index (χ4n) is 2.38. The van der Waals surface area contributed by atoms with Gasteiger partial charge in [0.05, 0.1) is 0 Å². The van der Waals surface area contributed by atoms with Crippen molar-refractivity contribution in [1.82, 2.24) is 5.43 Å². The van der Waals surface area contributed by atoms with E-state index in [1.807, 2.05) is 0 Å². The van der Waals surface area contributed by atoms with Gasteiger partial charge in [0, 0.05) is 29.8 Å². The average Bonchev–Trinajstić information content (AvgIpc) is 2.40. The monoisotopic (exact) mass is 272 g/mol. The van der Waals surface area contributed by atoms with Gasteiger partial charge in [-0.25, -0.2) is 4.39 Å². The lowest BCUT2D eigenvalue weighted by atomic mass is 9.89. The number of halogens is 2. The molecule has 18 heavy (non-hydrogen) atoms. The molecule has 100 valence electrons. The molecule has 3 nitrogen and oxygen atoms in total. The van der Waals surface area contributed by atoms with Crippen LogP contribution in [-0.4, -0.2) is 13.2 Å². The lowest BCUT2D eigenvalue weighted by Gasteiger charge is -2.26. The molecule has 1 aliphatic heterocycles. The molecule has 1 fully saturated rings. The van der Waals surface area contributed by atoms with E-state index in [0.717, 1.165) is 32.5 Å². The van der Waals surface area contributed by atoms with Gasteiger partial charge in [-0.15, -0.1) is 0 Å². The van der Waals surface area contributed by atoms with E-state index in [1.54, 1.807) is 12.1 Å². The van der Waals surface area contributed by atoms with Crippen molar-refractivity contribution in [3.05, 3.63) is 34.6 Å². The SMILES string of the molecule is NNC(CC1CCOCC1)c1cc(Cl)ccc1F. The summed E-state index contributed by atoms with van der Waals surface area (Å²) in [6.45, 7) is 1.56. The third kappa shape index (κ3) is 3.42. The highest BCUT2D eigenvalue weighted by Crippen LogP contribution is 2.29. The zero-order chi connectivity index (χ0) is 13.0. The van der Waals surface area contributed by atoms with Gasteiger partial charge in [0.15, 0.2) is 0 Å². The van der Waals surface area contributed by atoms with Crippen LogP contribution in [0, 0.1) is 11.7 Å². The third-order valence-electron chi connectivity index (χ3n) is 3.44. The smallest absolute Gasteiger partial charge is 0.128 e. The van der Waals surface area contributed by atoms with Gasteiger partial charge in [-0.05, 0) is 43.4 Å². The molecule has 1 atom stereocenters. The number of nitrogens with one attached hydrogen (secondary N) is 1. The first-order valence-electron chi connectivity index (χ1n) is 6.19. The lowest BCUT2D eigenvalue weighted by Crippen LogP contribution is -2.31. The molecule has 0 aliphatic carbocycles. The first kappa shape index (κ1) is 13.7. The minimum atomic E-state index is -0.269. The number of rotatable bonds is 4. The van der Waals surface area contributed by atoms with Crippen molar-refractivity contribution in [2.75, 3.05) is 13.2 Å². The van der Waals surface area contributed by atoms with E-state index in [2.05, 4.69) is 5.43 Å². The summed E-state index contributed by atoms with van der Waals surface area (Å²) < 4.78 is 19.1. The summed E-state index contributed by atoms with van der Waals surface area (Å²) in [5.41, 5.74) is 3.23. The highest BCUT2D eigenvalue weighted by atomic mass is 35.5. The second-order valence-corrected chi connectivity index (χ2v) is 5.11. The van der Waals surface area contributed by atoms with Gasteiger partial charge in [-0.2, -0.15) is 0 Å². The third-order valence-corrected chi connectivity index (χ3v) is 3.68. The van der Waals surface area contributed by atoms with E-state index in [9.17, 15) is 4.39 Å². The summed E-state index contributed by atoms with van der Waals surface area (Å²) in [5.74, 6) is 5.79. The Morgan fingerprint density at radius 2 is 2.17 bits per heavy atom. The average molecular weight is 273 g/mol. The van der Waals surface area contributed by atoms with Crippen molar-refractivity contribution in [1.29, 1.82) is 0 Å². The van der Waals surface area contributed by atoms with Crippen LogP contribution in [-0.2, 0) is 4.74 Å². The maximum Gasteiger partial charge on any atom is 0.128 e. The molecule has 5 heteroatoms. The van der Waals surface area contributed by atoms with Gasteiger partial charge in [0.2, 0.25) is 0 Å². The zero-order valence-corrected chi connectivity index (χ0v) is 10.9. The minimum absolute atomic E-state index is 0.202. The molecule has 1 aromatic carbocycles. The van der Waals surface area contributed by atoms with Crippen molar-refractivity contribution in [2.45, 2.75) is 25.3 Å². The molecule has 3 N–H and O–H groups in total. The number of benzene rings is 1. The van der Waals surface area contributed by atoms with Crippen molar-refractivity contribution >= 4 is 11.6 Å². The molecule has 1 aromatic rings. The quantitative estimate of drug-likeness (QED) is 0.654. The second kappa shape index (κ2) is 6.48. The molecular weight excluding hydrogens is 255 g/mol. The van der Waals surface area contributed by atoms with Gasteiger partial charge in [0.1, 0.15) is 5.82 Å². The molecule has 0 radical (unpaired) electrons. The van der Waals surface area contributed by atoms with Crippen molar-refractivity contribution in [3.63, 3.8) is 0 Å². The zero-order valence-electron chi connectivity index (χ0n) is 10.2. The summed E-state index contributed by atoms with van der Waals surface area (Å²) in [4.78, 5) is 0. The van der Waals surface area contributed by atoms with Crippen LogP contribution >= 0.6 is 11.6 Å². The van der Waals surface area contributed by atoms with Crippen molar-refractivity contribution < 1.29 is 9.13 Å². The Labute approximate surface area is 111 Å². The Morgan fingerprint density at radius 3 is 2.83 bits per heavy atom. The van der Waals surface area contributed by atoms with Crippen LogP contribution in [0.1, 0.15) is 30.9 Å². The van der Waals surface area contributed by atoms with Crippen LogP contribution in [0.15, 0.2) is 18.2 Å². The summed E-state index contributed by atoms with van der Waals surface area (Å²) in [6, 6.07) is 4.36. The molecule has 0 bridgehead atoms. The van der Waals surface area contributed by atoms with Gasteiger partial charge in [-0.3, -0.25) is 11.3 Å². The van der Waals surface area contributed by atoms with Crippen LogP contribution in [0.4, 0.5) is 4.39 Å². The number of hydrogen-bond donors (Lipinski definition) is 2. The Morgan fingerprint density at radius 1 is 1.44 bits per heavy atom. The predicted octanol–water partition coefficient (Wildman–Crippen LogP) is 2.80. The molecule has 1 unspecified atom stereocenters. The van der Waals surface area contributed by atoms with Crippen LogP contribution < -0.4 is 11.3 Å². The van der Waals surface area contributed by atoms with E-state index in [0.29, 0.717) is 16.5 Å². The van der Waals surface area contributed by atoms with Crippen LogP contribution in [0.5, 0.6) is 0 Å². The molecule has 1 heterocycles. The summed E-state index contributed by atoms with van der Waals surface area (Å²) >= 11 is 5.91. The largest absolute Gasteiger partial charge is 0.381 e. The first-order valence-corrected chi connectivity index (χ1v) is 6.57. The number of nitrogens with two attached hydrogens (primary N) is 1. The lowest BCUT2D eigenvalue weighted by molar-refractivity contribution is 0.0604. The van der Waals surface area contributed by atoms with Gasteiger partial charge in [-0.1, -0.05) is 11.6 Å². The summed E-state index contributed by atoms with van der Waals surface area (Å²) in [5, 5.41) is 0.527. The van der Waals surface area contributed by atoms with Gasteiger partial charge in [0.25, 0.3) is 0 Å². The van der Waals surface area contributed by atoms with E-state index in [-0.39, 0.29) is 11.9 Å². The Balaban J connectivity index is 2.09. The second-order valence-electron chi connectivity index (χ2n) is 4.68. The molecule has 0 spiro atoms. The Hall–Kier alpha value is -0.680. The molecule has 0 amide bonds. The predicted molar refractivity (Wildman–Crippen MR) is 69.6 cm³/mol. The fraction of sp³-hybridized carbons (Fsp3) is 0.538. The number of hydrogen-bond acceptors (Lipinski definition) is 3. The van der Waals surface area contributed by atoms with Crippen LogP contribution in [0.3, 0.4) is 0 Å². The molecule has 1 saturated heterocycles. The first-order chi connectivity index (χ1) is 8.70. The fourth-order valence-corrected chi connectivity index (χ4v) is 2.56. The standard InChI is InChI=1S/C13H18ClFN2O/c14-10-1-2-12(15)11(8-10)13(17-16)7-9-3-5-18-6-4-9/h1-2,8-9,13,17H,3-7,16H2. The van der Waals surface area contributed by atoms with Gasteiger partial charge >= 0.3 is 0 Å². The highest BCUT2D eigenvalue weighted by Gasteiger charge is 2.22. The van der Waals surface area contributed by atoms with Crippen molar-refractivity contribution in [3.8, 4) is 0 Å². The maximum absolute atomic E-state index is 13.8. The Bertz CT molecular complexity index is 397. The van der Waals surface area contributed by atoms with E-state index >= 15 is 0 Å². The normalized spacial score (nSPS) is 18.8. The number of ether oxygens (including phenoxy) is 1. The van der Waals surface area contributed by atoms with Crippen molar-refractivity contribution in [2.24, 2.45) is 11.8 Å². The molecule has 0 saturated carbocycles. The molecular formula is C13H18ClFN2O. The summed E-state index contributed by atoms with van der Waals surface area (Å²) in [7, 11) is 0. The number of hydrazine groups is 1. The topological polar surface area (TPSA) is 47.3 Å². The highest BCUT2D eigenvalue weighted by molar-refractivity contribution is 6.30. The van der Waals surface area contributed by atoms with Crippen LogP contribution in [0.25, 0.3) is 0 Å². The van der Waals surface area contributed by atoms with E-state index in [4.69, 9.17) is 22.2 Å².